The Hall–Kier alpha value is -0.830. The fraction of sp³-hybridized carbons (Fsp3) is 0.556. The predicted octanol–water partition coefficient (Wildman–Crippen LogP) is 2.66. The average molecular weight is 202 g/mol. The van der Waals surface area contributed by atoms with Crippen LogP contribution in [0.4, 0.5) is 0 Å². The van der Waals surface area contributed by atoms with Gasteiger partial charge >= 0.3 is 0 Å². The maximum atomic E-state index is 11.1. The summed E-state index contributed by atoms with van der Waals surface area (Å²) in [7, 11) is 0. The average Bonchev–Trinajstić information content (AvgIpc) is 2.28. The molecule has 0 spiro atoms. The lowest BCUT2D eigenvalue weighted by Crippen LogP contribution is -2.15. The van der Waals surface area contributed by atoms with Crippen LogP contribution in [0.2, 0.25) is 0 Å². The number of halogens is 1. The highest BCUT2D eigenvalue weighted by Crippen LogP contribution is 2.27. The van der Waals surface area contributed by atoms with Crippen molar-refractivity contribution >= 4 is 16.8 Å². The second kappa shape index (κ2) is 3.14. The lowest BCUT2D eigenvalue weighted by atomic mass is 9.89. The van der Waals surface area contributed by atoms with Crippen LogP contribution in [0.1, 0.15) is 42.6 Å². The van der Waals surface area contributed by atoms with E-state index in [1.54, 1.807) is 6.92 Å². The fourth-order valence-corrected chi connectivity index (χ4v) is 1.34. The van der Waals surface area contributed by atoms with E-state index in [4.69, 9.17) is 16.1 Å². The lowest BCUT2D eigenvalue weighted by molar-refractivity contribution is 0.107. The first-order valence-corrected chi connectivity index (χ1v) is 4.38. The van der Waals surface area contributed by atoms with Gasteiger partial charge in [0.05, 0.1) is 0 Å². The molecule has 0 saturated heterocycles. The highest BCUT2D eigenvalue weighted by atomic mass is 35.5. The molecule has 0 aliphatic heterocycles. The predicted molar refractivity (Wildman–Crippen MR) is 50.1 cm³/mol. The van der Waals surface area contributed by atoms with Gasteiger partial charge in [0.1, 0.15) is 17.0 Å². The molecule has 0 fully saturated rings. The maximum Gasteiger partial charge on any atom is 0.257 e. The standard InChI is InChI=1S/C9H12ClNO2/c1-5-6(8(10)12)7(11-13-5)9(2,3)4/h1-4H3. The van der Waals surface area contributed by atoms with E-state index in [9.17, 15) is 4.79 Å². The van der Waals surface area contributed by atoms with Crippen molar-refractivity contribution in [1.82, 2.24) is 5.16 Å². The molecule has 0 aliphatic carbocycles. The minimum Gasteiger partial charge on any atom is -0.361 e. The molecular formula is C9H12ClNO2. The Morgan fingerprint density at radius 3 is 2.31 bits per heavy atom. The van der Waals surface area contributed by atoms with Gasteiger partial charge in [0.15, 0.2) is 0 Å². The van der Waals surface area contributed by atoms with Crippen molar-refractivity contribution in [2.45, 2.75) is 33.1 Å². The van der Waals surface area contributed by atoms with Crippen LogP contribution in [0.5, 0.6) is 0 Å². The Kier molecular flexibility index (Phi) is 2.48. The van der Waals surface area contributed by atoms with Crippen LogP contribution in [0, 0.1) is 6.92 Å². The highest BCUT2D eigenvalue weighted by molar-refractivity contribution is 6.68. The van der Waals surface area contributed by atoms with Gasteiger partial charge < -0.3 is 4.52 Å². The number of carbonyl (C=O) groups excluding carboxylic acids is 1. The Morgan fingerprint density at radius 2 is 2.00 bits per heavy atom. The molecule has 1 heterocycles. The summed E-state index contributed by atoms with van der Waals surface area (Å²) >= 11 is 5.42. The first-order chi connectivity index (χ1) is 5.84. The zero-order valence-corrected chi connectivity index (χ0v) is 8.90. The van der Waals surface area contributed by atoms with Crippen molar-refractivity contribution in [3.8, 4) is 0 Å². The normalized spacial score (nSPS) is 11.8. The largest absolute Gasteiger partial charge is 0.361 e. The maximum absolute atomic E-state index is 11.1. The highest BCUT2D eigenvalue weighted by Gasteiger charge is 2.27. The topological polar surface area (TPSA) is 43.1 Å². The minimum atomic E-state index is -0.510. The van der Waals surface area contributed by atoms with E-state index in [1.807, 2.05) is 20.8 Å². The summed E-state index contributed by atoms with van der Waals surface area (Å²) in [5, 5.41) is 3.32. The van der Waals surface area contributed by atoms with Crippen LogP contribution in [-0.2, 0) is 5.41 Å². The van der Waals surface area contributed by atoms with E-state index < -0.39 is 5.24 Å². The van der Waals surface area contributed by atoms with Gasteiger partial charge in [0.2, 0.25) is 0 Å². The summed E-state index contributed by atoms with van der Waals surface area (Å²) in [5.74, 6) is 0.477. The molecule has 0 radical (unpaired) electrons. The van der Waals surface area contributed by atoms with Gasteiger partial charge in [-0.1, -0.05) is 25.9 Å². The molecule has 0 saturated carbocycles. The second-order valence-electron chi connectivity index (χ2n) is 3.99. The van der Waals surface area contributed by atoms with Gasteiger partial charge in [-0.2, -0.15) is 0 Å². The van der Waals surface area contributed by atoms with Crippen LogP contribution in [0.15, 0.2) is 4.52 Å². The molecule has 0 atom stereocenters. The molecule has 0 bridgehead atoms. The summed E-state index contributed by atoms with van der Waals surface area (Å²) in [4.78, 5) is 11.1. The van der Waals surface area contributed by atoms with E-state index >= 15 is 0 Å². The van der Waals surface area contributed by atoms with Gasteiger partial charge in [0, 0.05) is 5.41 Å². The number of aromatic nitrogens is 1. The van der Waals surface area contributed by atoms with Gasteiger partial charge in [0.25, 0.3) is 5.24 Å². The third-order valence-corrected chi connectivity index (χ3v) is 1.96. The molecule has 3 nitrogen and oxygen atoms in total. The Bertz CT molecular complexity index is 336. The van der Waals surface area contributed by atoms with Gasteiger partial charge in [-0.15, -0.1) is 0 Å². The second-order valence-corrected chi connectivity index (χ2v) is 4.33. The third kappa shape index (κ3) is 1.91. The van der Waals surface area contributed by atoms with E-state index in [0.717, 1.165) is 0 Å². The van der Waals surface area contributed by atoms with Crippen LogP contribution < -0.4 is 0 Å². The van der Waals surface area contributed by atoms with Crippen molar-refractivity contribution in [3.63, 3.8) is 0 Å². The SMILES string of the molecule is Cc1onc(C(C)(C)C)c1C(=O)Cl. The minimum absolute atomic E-state index is 0.225. The molecule has 1 aromatic rings. The monoisotopic (exact) mass is 201 g/mol. The Morgan fingerprint density at radius 1 is 1.46 bits per heavy atom. The van der Waals surface area contributed by atoms with Gasteiger partial charge in [-0.3, -0.25) is 4.79 Å². The van der Waals surface area contributed by atoms with E-state index in [0.29, 0.717) is 17.0 Å². The van der Waals surface area contributed by atoms with Crippen LogP contribution in [0.25, 0.3) is 0 Å². The smallest absolute Gasteiger partial charge is 0.257 e. The van der Waals surface area contributed by atoms with Crippen molar-refractivity contribution in [3.05, 3.63) is 17.0 Å². The summed E-state index contributed by atoms with van der Waals surface area (Å²) in [6.07, 6.45) is 0. The number of aryl methyl sites for hydroxylation is 1. The molecule has 72 valence electrons. The number of carbonyl (C=O) groups is 1. The zero-order valence-electron chi connectivity index (χ0n) is 8.14. The molecule has 1 aromatic heterocycles. The van der Waals surface area contributed by atoms with Crippen molar-refractivity contribution in [1.29, 1.82) is 0 Å². The van der Waals surface area contributed by atoms with Crippen molar-refractivity contribution < 1.29 is 9.32 Å². The first-order valence-electron chi connectivity index (χ1n) is 4.00. The van der Waals surface area contributed by atoms with Crippen LogP contribution >= 0.6 is 11.6 Å². The van der Waals surface area contributed by atoms with Crippen molar-refractivity contribution in [2.75, 3.05) is 0 Å². The fourth-order valence-electron chi connectivity index (χ4n) is 1.12. The Balaban J connectivity index is 3.31. The molecule has 0 unspecified atom stereocenters. The third-order valence-electron chi connectivity index (χ3n) is 1.77. The summed E-state index contributed by atoms with van der Waals surface area (Å²) in [5.41, 5.74) is 0.789. The molecule has 13 heavy (non-hydrogen) atoms. The van der Waals surface area contributed by atoms with E-state index in [1.165, 1.54) is 0 Å². The molecule has 1 rings (SSSR count). The summed E-state index contributed by atoms with van der Waals surface area (Å²) in [6, 6.07) is 0. The van der Waals surface area contributed by atoms with Crippen LogP contribution in [0.3, 0.4) is 0 Å². The molecule has 0 aromatic carbocycles. The van der Waals surface area contributed by atoms with Crippen molar-refractivity contribution in [2.24, 2.45) is 0 Å². The number of rotatable bonds is 1. The van der Waals surface area contributed by atoms with E-state index in [-0.39, 0.29) is 5.41 Å². The lowest BCUT2D eigenvalue weighted by Gasteiger charge is -2.14. The molecular weight excluding hydrogens is 190 g/mol. The van der Waals surface area contributed by atoms with Gasteiger partial charge in [-0.05, 0) is 18.5 Å². The van der Waals surface area contributed by atoms with Crippen LogP contribution in [-0.4, -0.2) is 10.4 Å². The number of hydrogen-bond donors (Lipinski definition) is 0. The quantitative estimate of drug-likeness (QED) is 0.656. The number of nitrogens with zero attached hydrogens (tertiary/aromatic N) is 1. The zero-order chi connectivity index (χ0) is 10.2. The molecule has 0 N–H and O–H groups in total. The summed E-state index contributed by atoms with van der Waals surface area (Å²) < 4.78 is 4.93. The van der Waals surface area contributed by atoms with Gasteiger partial charge in [-0.25, -0.2) is 0 Å². The summed E-state index contributed by atoms with van der Waals surface area (Å²) in [6.45, 7) is 7.53. The van der Waals surface area contributed by atoms with E-state index in [2.05, 4.69) is 5.16 Å². The molecule has 4 heteroatoms. The Labute approximate surface area is 82.1 Å². The number of hydrogen-bond acceptors (Lipinski definition) is 3. The molecule has 0 amide bonds. The molecule has 0 aliphatic rings. The first kappa shape index (κ1) is 10.3.